The van der Waals surface area contributed by atoms with E-state index in [2.05, 4.69) is 4.98 Å². The summed E-state index contributed by atoms with van der Waals surface area (Å²) in [5, 5.41) is 9.27. The third-order valence-electron chi connectivity index (χ3n) is 2.79. The van der Waals surface area contributed by atoms with Crippen LogP contribution in [0.4, 0.5) is 0 Å². The Morgan fingerprint density at radius 3 is 2.42 bits per heavy atom. The van der Waals surface area contributed by atoms with Gasteiger partial charge in [0, 0.05) is 17.8 Å². The van der Waals surface area contributed by atoms with E-state index in [-0.39, 0.29) is 17.3 Å². The van der Waals surface area contributed by atoms with Crippen LogP contribution < -0.4 is 5.69 Å². The maximum Gasteiger partial charge on any atom is 0.348 e. The molecule has 5 nitrogen and oxygen atoms in total. The average molecular weight is 258 g/mol. The van der Waals surface area contributed by atoms with E-state index >= 15 is 0 Å². The summed E-state index contributed by atoms with van der Waals surface area (Å²) in [6.45, 7) is 3.60. The molecule has 1 aromatic carbocycles. The second-order valence-electron chi connectivity index (χ2n) is 4.46. The molecule has 0 saturated heterocycles. The molecule has 1 aromatic heterocycles. The third kappa shape index (κ3) is 2.54. The molecule has 19 heavy (non-hydrogen) atoms. The zero-order valence-electron chi connectivity index (χ0n) is 10.7. The zero-order chi connectivity index (χ0) is 14.0. The van der Waals surface area contributed by atoms with Crippen molar-refractivity contribution in [2.24, 2.45) is 0 Å². The first-order valence-electron chi connectivity index (χ1n) is 5.92. The Morgan fingerprint density at radius 1 is 1.26 bits per heavy atom. The van der Waals surface area contributed by atoms with Gasteiger partial charge in [0.2, 0.25) is 0 Å². The lowest BCUT2D eigenvalue weighted by Crippen LogP contribution is -2.26. The highest BCUT2D eigenvalue weighted by atomic mass is 16.4. The molecule has 0 saturated carbocycles. The van der Waals surface area contributed by atoms with Crippen LogP contribution in [0.5, 0.6) is 0 Å². The molecule has 0 unspecified atom stereocenters. The molecule has 0 atom stereocenters. The second kappa shape index (κ2) is 5.06. The molecule has 0 aliphatic carbocycles. The van der Waals surface area contributed by atoms with E-state index in [0.717, 1.165) is 0 Å². The molecule has 0 aliphatic heterocycles. The number of carbonyl (C=O) groups is 1. The molecule has 1 N–H and O–H groups in total. The largest absolute Gasteiger partial charge is 0.478 e. The normalized spacial score (nSPS) is 10.7. The minimum atomic E-state index is -1.10. The van der Waals surface area contributed by atoms with Gasteiger partial charge in [-0.2, -0.15) is 4.98 Å². The molecule has 1 heterocycles. The van der Waals surface area contributed by atoms with Crippen molar-refractivity contribution in [3.05, 3.63) is 52.6 Å². The molecule has 2 aromatic rings. The van der Waals surface area contributed by atoms with E-state index in [9.17, 15) is 14.7 Å². The van der Waals surface area contributed by atoms with Crippen molar-refractivity contribution in [2.45, 2.75) is 19.9 Å². The predicted molar refractivity (Wildman–Crippen MR) is 71.3 cm³/mol. The minimum Gasteiger partial charge on any atom is -0.478 e. The number of hydrogen-bond acceptors (Lipinski definition) is 3. The molecule has 0 fully saturated rings. The quantitative estimate of drug-likeness (QED) is 0.915. The lowest BCUT2D eigenvalue weighted by molar-refractivity contribution is 0.0696. The fourth-order valence-electron chi connectivity index (χ4n) is 1.81. The van der Waals surface area contributed by atoms with E-state index in [1.807, 2.05) is 6.07 Å². The van der Waals surface area contributed by atoms with Crippen LogP contribution in [0.25, 0.3) is 11.3 Å². The van der Waals surface area contributed by atoms with Gasteiger partial charge < -0.3 is 5.11 Å². The van der Waals surface area contributed by atoms with Gasteiger partial charge in [-0.1, -0.05) is 30.3 Å². The van der Waals surface area contributed by atoms with E-state index < -0.39 is 11.7 Å². The number of aromatic nitrogens is 2. The van der Waals surface area contributed by atoms with Crippen molar-refractivity contribution >= 4 is 5.97 Å². The summed E-state index contributed by atoms with van der Waals surface area (Å²) >= 11 is 0. The topological polar surface area (TPSA) is 72.2 Å². The van der Waals surface area contributed by atoms with Gasteiger partial charge in [0.05, 0.1) is 5.69 Å². The van der Waals surface area contributed by atoms with Crippen molar-refractivity contribution in [1.82, 2.24) is 9.55 Å². The van der Waals surface area contributed by atoms with Gasteiger partial charge in [-0.05, 0) is 13.8 Å². The second-order valence-corrected chi connectivity index (χ2v) is 4.46. The van der Waals surface area contributed by atoms with Gasteiger partial charge in [-0.25, -0.2) is 9.59 Å². The number of nitrogens with zero attached hydrogens (tertiary/aromatic N) is 2. The van der Waals surface area contributed by atoms with Gasteiger partial charge >= 0.3 is 11.7 Å². The van der Waals surface area contributed by atoms with Crippen LogP contribution in [0.2, 0.25) is 0 Å². The molecule has 0 amide bonds. The Balaban J connectivity index is 2.71. The lowest BCUT2D eigenvalue weighted by Gasteiger charge is -2.12. The van der Waals surface area contributed by atoms with E-state index in [0.29, 0.717) is 5.56 Å². The summed E-state index contributed by atoms with van der Waals surface area (Å²) in [6.07, 6.45) is 1.35. The molecule has 0 spiro atoms. The Kier molecular flexibility index (Phi) is 3.46. The molecule has 2 rings (SSSR count). The van der Waals surface area contributed by atoms with Crippen LogP contribution >= 0.6 is 0 Å². The van der Waals surface area contributed by atoms with Crippen LogP contribution in [0, 0.1) is 0 Å². The summed E-state index contributed by atoms with van der Waals surface area (Å²) in [5.74, 6) is -1.10. The molecular weight excluding hydrogens is 244 g/mol. The average Bonchev–Trinajstić information content (AvgIpc) is 2.38. The van der Waals surface area contributed by atoms with Crippen LogP contribution in [0.3, 0.4) is 0 Å². The highest BCUT2D eigenvalue weighted by Gasteiger charge is 2.17. The number of carboxylic acid groups (broad SMARTS) is 1. The Bertz CT molecular complexity index is 660. The van der Waals surface area contributed by atoms with Crippen LogP contribution in [-0.4, -0.2) is 20.6 Å². The van der Waals surface area contributed by atoms with Crippen LogP contribution in [-0.2, 0) is 0 Å². The van der Waals surface area contributed by atoms with Crippen molar-refractivity contribution in [3.8, 4) is 11.3 Å². The van der Waals surface area contributed by atoms with Crippen molar-refractivity contribution in [3.63, 3.8) is 0 Å². The van der Waals surface area contributed by atoms with Gasteiger partial charge in [0.15, 0.2) is 0 Å². The Morgan fingerprint density at radius 2 is 1.89 bits per heavy atom. The minimum absolute atomic E-state index is 0.0273. The highest BCUT2D eigenvalue weighted by molar-refractivity contribution is 5.94. The maximum atomic E-state index is 11.9. The van der Waals surface area contributed by atoms with Gasteiger partial charge in [0.1, 0.15) is 5.56 Å². The number of aromatic carboxylic acids is 1. The summed E-state index contributed by atoms with van der Waals surface area (Å²) < 4.78 is 1.32. The SMILES string of the molecule is CC(C)n1cc(C(=O)O)c(-c2ccccc2)nc1=O. The summed E-state index contributed by atoms with van der Waals surface area (Å²) in [5.41, 5.74) is 0.404. The summed E-state index contributed by atoms with van der Waals surface area (Å²) in [6, 6.07) is 8.69. The van der Waals surface area contributed by atoms with Crippen molar-refractivity contribution in [2.75, 3.05) is 0 Å². The fourth-order valence-corrected chi connectivity index (χ4v) is 1.81. The summed E-state index contributed by atoms with van der Waals surface area (Å²) in [7, 11) is 0. The number of carboxylic acids is 1. The lowest BCUT2D eigenvalue weighted by atomic mass is 10.1. The number of benzene rings is 1. The van der Waals surface area contributed by atoms with E-state index in [1.54, 1.807) is 38.1 Å². The molecule has 98 valence electrons. The van der Waals surface area contributed by atoms with Crippen molar-refractivity contribution < 1.29 is 9.90 Å². The zero-order valence-corrected chi connectivity index (χ0v) is 10.7. The first-order chi connectivity index (χ1) is 9.00. The Labute approximate surface area is 110 Å². The number of hydrogen-bond donors (Lipinski definition) is 1. The molecule has 0 aliphatic rings. The summed E-state index contributed by atoms with van der Waals surface area (Å²) in [4.78, 5) is 27.1. The first kappa shape index (κ1) is 13.0. The highest BCUT2D eigenvalue weighted by Crippen LogP contribution is 2.20. The smallest absolute Gasteiger partial charge is 0.348 e. The molecule has 0 bridgehead atoms. The molecule has 0 radical (unpaired) electrons. The predicted octanol–water partition coefficient (Wildman–Crippen LogP) is 2.19. The van der Waals surface area contributed by atoms with Crippen LogP contribution in [0.15, 0.2) is 41.3 Å². The fraction of sp³-hybridized carbons (Fsp3) is 0.214. The van der Waals surface area contributed by atoms with Gasteiger partial charge in [-0.15, -0.1) is 0 Å². The third-order valence-corrected chi connectivity index (χ3v) is 2.79. The Hall–Kier alpha value is -2.43. The van der Waals surface area contributed by atoms with Gasteiger partial charge in [0.25, 0.3) is 0 Å². The first-order valence-corrected chi connectivity index (χ1v) is 5.92. The van der Waals surface area contributed by atoms with E-state index in [1.165, 1.54) is 10.8 Å². The number of rotatable bonds is 3. The van der Waals surface area contributed by atoms with E-state index in [4.69, 9.17) is 0 Å². The molecule has 5 heteroatoms. The van der Waals surface area contributed by atoms with Crippen molar-refractivity contribution in [1.29, 1.82) is 0 Å². The maximum absolute atomic E-state index is 11.9. The monoisotopic (exact) mass is 258 g/mol. The standard InChI is InChI=1S/C14H14N2O3/c1-9(2)16-8-11(13(17)18)12(15-14(16)19)10-6-4-3-5-7-10/h3-9H,1-2H3,(H,17,18). The molecular formula is C14H14N2O3. The van der Waals surface area contributed by atoms with Gasteiger partial charge in [-0.3, -0.25) is 4.57 Å². The van der Waals surface area contributed by atoms with Crippen LogP contribution in [0.1, 0.15) is 30.2 Å².